The Labute approximate surface area is 124 Å². The predicted molar refractivity (Wildman–Crippen MR) is 85.4 cm³/mol. The number of benzene rings is 2. The van der Waals surface area contributed by atoms with Crippen LogP contribution in [-0.2, 0) is 6.42 Å². The summed E-state index contributed by atoms with van der Waals surface area (Å²) in [4.78, 5) is 0. The van der Waals surface area contributed by atoms with E-state index in [-0.39, 0.29) is 6.04 Å². The molecule has 19 heavy (non-hydrogen) atoms. The summed E-state index contributed by atoms with van der Waals surface area (Å²) in [7, 11) is 0. The van der Waals surface area contributed by atoms with Gasteiger partial charge in [-0.3, -0.25) is 0 Å². The standard InChI is InChI=1S/C17H20BrN/c1-11-6-4-5-7-14(11)10-17(19)15-8-13(3)16(18)9-12(15)2/h4-9,17H,10,19H2,1-3H3. The van der Waals surface area contributed by atoms with Crippen LogP contribution in [0.3, 0.4) is 0 Å². The highest BCUT2D eigenvalue weighted by molar-refractivity contribution is 9.10. The number of rotatable bonds is 3. The maximum absolute atomic E-state index is 6.40. The van der Waals surface area contributed by atoms with Crippen molar-refractivity contribution in [2.45, 2.75) is 33.2 Å². The first-order chi connectivity index (χ1) is 8.99. The lowest BCUT2D eigenvalue weighted by Gasteiger charge is -2.17. The molecule has 2 rings (SSSR count). The molecular formula is C17H20BrN. The summed E-state index contributed by atoms with van der Waals surface area (Å²) in [6.45, 7) is 6.37. The van der Waals surface area contributed by atoms with Crippen molar-refractivity contribution in [1.82, 2.24) is 0 Å². The van der Waals surface area contributed by atoms with Crippen LogP contribution in [0.5, 0.6) is 0 Å². The molecule has 100 valence electrons. The third-order valence-electron chi connectivity index (χ3n) is 3.65. The van der Waals surface area contributed by atoms with Gasteiger partial charge < -0.3 is 5.73 Å². The molecule has 0 saturated heterocycles. The minimum absolute atomic E-state index is 0.0490. The van der Waals surface area contributed by atoms with Gasteiger partial charge in [-0.2, -0.15) is 0 Å². The van der Waals surface area contributed by atoms with Gasteiger partial charge in [0.15, 0.2) is 0 Å². The summed E-state index contributed by atoms with van der Waals surface area (Å²) >= 11 is 3.57. The van der Waals surface area contributed by atoms with Crippen molar-refractivity contribution in [3.63, 3.8) is 0 Å². The maximum Gasteiger partial charge on any atom is 0.0338 e. The number of hydrogen-bond acceptors (Lipinski definition) is 1. The van der Waals surface area contributed by atoms with Crippen LogP contribution in [0, 0.1) is 20.8 Å². The largest absolute Gasteiger partial charge is 0.324 e. The molecule has 1 unspecified atom stereocenters. The lowest BCUT2D eigenvalue weighted by Crippen LogP contribution is -2.15. The zero-order valence-electron chi connectivity index (χ0n) is 11.7. The average molecular weight is 318 g/mol. The Morgan fingerprint density at radius 3 is 2.37 bits per heavy atom. The molecule has 2 aromatic rings. The second-order valence-electron chi connectivity index (χ2n) is 5.20. The van der Waals surface area contributed by atoms with E-state index < -0.39 is 0 Å². The van der Waals surface area contributed by atoms with Crippen molar-refractivity contribution < 1.29 is 0 Å². The Balaban J connectivity index is 2.28. The van der Waals surface area contributed by atoms with Gasteiger partial charge in [-0.1, -0.05) is 46.3 Å². The topological polar surface area (TPSA) is 26.0 Å². The Kier molecular flexibility index (Phi) is 4.43. The van der Waals surface area contributed by atoms with Gasteiger partial charge in [0.2, 0.25) is 0 Å². The second kappa shape index (κ2) is 5.89. The Morgan fingerprint density at radius 1 is 1.00 bits per heavy atom. The Morgan fingerprint density at radius 2 is 1.68 bits per heavy atom. The molecule has 0 fully saturated rings. The van der Waals surface area contributed by atoms with Gasteiger partial charge in [-0.25, -0.2) is 0 Å². The summed E-state index contributed by atoms with van der Waals surface area (Å²) in [5.74, 6) is 0. The molecule has 1 atom stereocenters. The molecule has 0 radical (unpaired) electrons. The molecule has 2 aromatic carbocycles. The maximum atomic E-state index is 6.40. The predicted octanol–water partition coefficient (Wildman–Crippen LogP) is 4.62. The summed E-state index contributed by atoms with van der Waals surface area (Å²) in [6.07, 6.45) is 0.884. The molecule has 0 amide bonds. The Bertz CT molecular complexity index is 590. The van der Waals surface area contributed by atoms with Gasteiger partial charge in [0.05, 0.1) is 0 Å². The summed E-state index contributed by atoms with van der Waals surface area (Å²) in [6, 6.07) is 12.9. The SMILES string of the molecule is Cc1cc(C(N)Cc2ccccc2C)c(C)cc1Br. The first-order valence-corrected chi connectivity index (χ1v) is 7.35. The third-order valence-corrected chi connectivity index (χ3v) is 4.50. The number of halogens is 1. The second-order valence-corrected chi connectivity index (χ2v) is 6.05. The van der Waals surface area contributed by atoms with E-state index in [1.54, 1.807) is 0 Å². The van der Waals surface area contributed by atoms with Gasteiger partial charge in [-0.15, -0.1) is 0 Å². The van der Waals surface area contributed by atoms with Gasteiger partial charge in [-0.05, 0) is 61.1 Å². The van der Waals surface area contributed by atoms with Gasteiger partial charge in [0.25, 0.3) is 0 Å². The molecule has 0 aliphatic heterocycles. The highest BCUT2D eigenvalue weighted by atomic mass is 79.9. The van der Waals surface area contributed by atoms with E-state index in [9.17, 15) is 0 Å². The summed E-state index contributed by atoms with van der Waals surface area (Å²) in [5.41, 5.74) is 12.8. The third kappa shape index (κ3) is 3.26. The van der Waals surface area contributed by atoms with E-state index in [1.807, 2.05) is 0 Å². The first-order valence-electron chi connectivity index (χ1n) is 6.55. The fourth-order valence-corrected chi connectivity index (χ4v) is 2.85. The van der Waals surface area contributed by atoms with Crippen LogP contribution in [-0.4, -0.2) is 0 Å². The molecule has 1 nitrogen and oxygen atoms in total. The zero-order valence-corrected chi connectivity index (χ0v) is 13.3. The fraction of sp³-hybridized carbons (Fsp3) is 0.294. The van der Waals surface area contributed by atoms with Crippen molar-refractivity contribution in [2.24, 2.45) is 5.73 Å². The fourth-order valence-electron chi connectivity index (χ4n) is 2.39. The van der Waals surface area contributed by atoms with Crippen molar-refractivity contribution in [3.05, 3.63) is 68.7 Å². The number of hydrogen-bond donors (Lipinski definition) is 1. The lowest BCUT2D eigenvalue weighted by molar-refractivity contribution is 0.712. The molecule has 0 saturated carbocycles. The van der Waals surface area contributed by atoms with E-state index in [4.69, 9.17) is 5.73 Å². The quantitative estimate of drug-likeness (QED) is 0.878. The minimum atomic E-state index is 0.0490. The van der Waals surface area contributed by atoms with Crippen molar-refractivity contribution in [1.29, 1.82) is 0 Å². The number of nitrogens with two attached hydrogens (primary N) is 1. The van der Waals surface area contributed by atoms with Gasteiger partial charge in [0.1, 0.15) is 0 Å². The summed E-state index contributed by atoms with van der Waals surface area (Å²) in [5, 5.41) is 0. The molecule has 0 aliphatic carbocycles. The highest BCUT2D eigenvalue weighted by Gasteiger charge is 2.12. The van der Waals surface area contributed by atoms with Crippen LogP contribution in [0.2, 0.25) is 0 Å². The number of aryl methyl sites for hydroxylation is 3. The van der Waals surface area contributed by atoms with E-state index >= 15 is 0 Å². The van der Waals surface area contributed by atoms with Crippen molar-refractivity contribution in [2.75, 3.05) is 0 Å². The monoisotopic (exact) mass is 317 g/mol. The summed E-state index contributed by atoms with van der Waals surface area (Å²) < 4.78 is 1.15. The van der Waals surface area contributed by atoms with Crippen LogP contribution in [0.25, 0.3) is 0 Å². The van der Waals surface area contributed by atoms with E-state index in [1.165, 1.54) is 27.8 Å². The van der Waals surface area contributed by atoms with Crippen LogP contribution in [0.1, 0.15) is 33.9 Å². The first kappa shape index (κ1) is 14.3. The molecule has 0 spiro atoms. The van der Waals surface area contributed by atoms with E-state index in [0.29, 0.717) is 0 Å². The zero-order chi connectivity index (χ0) is 14.0. The average Bonchev–Trinajstić information content (AvgIpc) is 2.36. The van der Waals surface area contributed by atoms with Crippen LogP contribution in [0.15, 0.2) is 40.9 Å². The van der Waals surface area contributed by atoms with E-state index in [0.717, 1.165) is 10.9 Å². The van der Waals surface area contributed by atoms with Crippen LogP contribution >= 0.6 is 15.9 Å². The normalized spacial score (nSPS) is 12.5. The van der Waals surface area contributed by atoms with Crippen LogP contribution < -0.4 is 5.73 Å². The smallest absolute Gasteiger partial charge is 0.0338 e. The lowest BCUT2D eigenvalue weighted by atomic mass is 9.93. The highest BCUT2D eigenvalue weighted by Crippen LogP contribution is 2.26. The molecule has 2 N–H and O–H groups in total. The Hall–Kier alpha value is -1.12. The van der Waals surface area contributed by atoms with Crippen molar-refractivity contribution in [3.8, 4) is 0 Å². The molecule has 2 heteroatoms. The molecular weight excluding hydrogens is 298 g/mol. The van der Waals surface area contributed by atoms with E-state index in [2.05, 4.69) is 73.1 Å². The van der Waals surface area contributed by atoms with Crippen molar-refractivity contribution >= 4 is 15.9 Å². The molecule has 0 aliphatic rings. The minimum Gasteiger partial charge on any atom is -0.324 e. The van der Waals surface area contributed by atoms with Gasteiger partial charge in [0, 0.05) is 10.5 Å². The molecule has 0 heterocycles. The van der Waals surface area contributed by atoms with Gasteiger partial charge >= 0.3 is 0 Å². The molecule has 0 aromatic heterocycles. The van der Waals surface area contributed by atoms with Crippen LogP contribution in [0.4, 0.5) is 0 Å². The molecule has 0 bridgehead atoms.